The van der Waals surface area contributed by atoms with Gasteiger partial charge in [-0.3, -0.25) is 0 Å². The van der Waals surface area contributed by atoms with Gasteiger partial charge in [0.15, 0.2) is 0 Å². The zero-order chi connectivity index (χ0) is 14.4. The highest BCUT2D eigenvalue weighted by Gasteiger charge is 2.22. The Balaban J connectivity index is 2.17. The van der Waals surface area contributed by atoms with Crippen LogP contribution < -0.4 is 10.2 Å². The first-order valence-electron chi connectivity index (χ1n) is 8.32. The summed E-state index contributed by atoms with van der Waals surface area (Å²) in [6.45, 7) is 10.4. The van der Waals surface area contributed by atoms with Crippen LogP contribution in [0.2, 0.25) is 0 Å². The first-order valence-corrected chi connectivity index (χ1v) is 8.32. The molecule has 2 rings (SSSR count). The van der Waals surface area contributed by atoms with Crippen molar-refractivity contribution in [1.29, 1.82) is 0 Å². The van der Waals surface area contributed by atoms with Crippen molar-refractivity contribution in [2.75, 3.05) is 24.5 Å². The van der Waals surface area contributed by atoms with Crippen molar-refractivity contribution in [3.8, 4) is 0 Å². The van der Waals surface area contributed by atoms with Gasteiger partial charge >= 0.3 is 0 Å². The molecule has 0 aliphatic carbocycles. The van der Waals surface area contributed by atoms with Crippen LogP contribution in [0.5, 0.6) is 0 Å². The van der Waals surface area contributed by atoms with Gasteiger partial charge in [-0.15, -0.1) is 0 Å². The van der Waals surface area contributed by atoms with Gasteiger partial charge in [0.2, 0.25) is 0 Å². The van der Waals surface area contributed by atoms with E-state index in [1.54, 1.807) is 0 Å². The predicted molar refractivity (Wildman–Crippen MR) is 88.5 cm³/mol. The smallest absolute Gasteiger partial charge is 0.0399 e. The summed E-state index contributed by atoms with van der Waals surface area (Å²) in [5, 5.41) is 3.74. The van der Waals surface area contributed by atoms with Crippen LogP contribution in [0.15, 0.2) is 24.3 Å². The number of benzene rings is 1. The Morgan fingerprint density at radius 2 is 2.10 bits per heavy atom. The Labute approximate surface area is 124 Å². The van der Waals surface area contributed by atoms with Gasteiger partial charge in [0, 0.05) is 24.8 Å². The minimum Gasteiger partial charge on any atom is -0.370 e. The summed E-state index contributed by atoms with van der Waals surface area (Å²) < 4.78 is 0. The molecule has 0 spiro atoms. The zero-order valence-corrected chi connectivity index (χ0v) is 13.4. The van der Waals surface area contributed by atoms with Crippen LogP contribution in [0.4, 0.5) is 5.69 Å². The normalized spacial score (nSPS) is 21.6. The first kappa shape index (κ1) is 15.4. The lowest BCUT2D eigenvalue weighted by molar-refractivity contribution is 0.384. The molecule has 1 fully saturated rings. The molecular weight excluding hydrogens is 244 g/mol. The molecule has 0 bridgehead atoms. The summed E-state index contributed by atoms with van der Waals surface area (Å²) in [5.41, 5.74) is 2.98. The number of hydrogen-bond donors (Lipinski definition) is 1. The number of nitrogens with zero attached hydrogens (tertiary/aromatic N) is 1. The van der Waals surface area contributed by atoms with Crippen LogP contribution in [-0.2, 0) is 6.42 Å². The van der Waals surface area contributed by atoms with Gasteiger partial charge in [-0.25, -0.2) is 0 Å². The van der Waals surface area contributed by atoms with E-state index >= 15 is 0 Å². The Morgan fingerprint density at radius 3 is 2.85 bits per heavy atom. The van der Waals surface area contributed by atoms with Crippen LogP contribution >= 0.6 is 0 Å². The second-order valence-electron chi connectivity index (χ2n) is 6.12. The third kappa shape index (κ3) is 3.76. The lowest BCUT2D eigenvalue weighted by Gasteiger charge is -2.31. The topological polar surface area (TPSA) is 15.3 Å². The Bertz CT molecular complexity index is 402. The van der Waals surface area contributed by atoms with Crippen LogP contribution in [0.25, 0.3) is 0 Å². The Morgan fingerprint density at radius 1 is 1.30 bits per heavy atom. The molecule has 1 saturated heterocycles. The summed E-state index contributed by atoms with van der Waals surface area (Å²) >= 11 is 0. The van der Waals surface area contributed by atoms with Gasteiger partial charge < -0.3 is 10.2 Å². The van der Waals surface area contributed by atoms with Crippen LogP contribution in [0.1, 0.15) is 45.6 Å². The van der Waals surface area contributed by atoms with Crippen LogP contribution in [0, 0.1) is 5.92 Å². The summed E-state index contributed by atoms with van der Waals surface area (Å²) in [5.74, 6) is 0.744. The molecule has 1 N–H and O–H groups in total. The Kier molecular flexibility index (Phi) is 5.90. The molecule has 2 nitrogen and oxygen atoms in total. The van der Waals surface area contributed by atoms with Crippen molar-refractivity contribution >= 4 is 5.69 Å². The van der Waals surface area contributed by atoms with Gasteiger partial charge in [-0.1, -0.05) is 51.8 Å². The number of nitrogens with one attached hydrogen (secondary N) is 1. The molecule has 20 heavy (non-hydrogen) atoms. The average molecular weight is 274 g/mol. The predicted octanol–water partition coefficient (Wildman–Crippen LogP) is 3.85. The van der Waals surface area contributed by atoms with Gasteiger partial charge in [0.1, 0.15) is 0 Å². The monoisotopic (exact) mass is 274 g/mol. The minimum atomic E-state index is 0.622. The standard InChI is InChI=1S/C18H30N2/c1-4-9-16-10-6-7-11-18(16)20-13-8-12-19-17(14-20)15(3)5-2/h6-7,10-11,15,17,19H,4-5,8-9,12-14H2,1-3H3. The van der Waals surface area contributed by atoms with Crippen LogP contribution in [-0.4, -0.2) is 25.7 Å². The lowest BCUT2D eigenvalue weighted by atomic mass is 9.98. The van der Waals surface area contributed by atoms with E-state index < -0.39 is 0 Å². The molecule has 112 valence electrons. The third-order valence-electron chi connectivity index (χ3n) is 4.61. The summed E-state index contributed by atoms with van der Waals surface area (Å²) in [6, 6.07) is 9.60. The van der Waals surface area contributed by atoms with Crippen molar-refractivity contribution in [3.05, 3.63) is 29.8 Å². The van der Waals surface area contributed by atoms with E-state index in [2.05, 4.69) is 55.3 Å². The van der Waals surface area contributed by atoms with E-state index in [0.717, 1.165) is 19.0 Å². The van der Waals surface area contributed by atoms with Crippen molar-refractivity contribution in [2.45, 2.75) is 52.5 Å². The average Bonchev–Trinajstić information content (AvgIpc) is 2.73. The molecular formula is C18H30N2. The van der Waals surface area contributed by atoms with E-state index in [1.807, 2.05) is 0 Å². The molecule has 0 aromatic heterocycles. The SMILES string of the molecule is CCCc1ccccc1N1CCCNC(C(C)CC)C1. The minimum absolute atomic E-state index is 0.622. The second kappa shape index (κ2) is 7.68. The summed E-state index contributed by atoms with van der Waals surface area (Å²) in [6.07, 6.45) is 4.90. The lowest BCUT2D eigenvalue weighted by Crippen LogP contribution is -2.42. The van der Waals surface area contributed by atoms with Crippen molar-refractivity contribution < 1.29 is 0 Å². The number of para-hydroxylation sites is 1. The molecule has 1 aliphatic rings. The number of rotatable bonds is 5. The van der Waals surface area contributed by atoms with Crippen molar-refractivity contribution in [3.63, 3.8) is 0 Å². The van der Waals surface area contributed by atoms with E-state index in [4.69, 9.17) is 0 Å². The molecule has 1 heterocycles. The first-order chi connectivity index (χ1) is 9.76. The van der Waals surface area contributed by atoms with Gasteiger partial charge in [0.05, 0.1) is 0 Å². The molecule has 2 heteroatoms. The third-order valence-corrected chi connectivity index (χ3v) is 4.61. The van der Waals surface area contributed by atoms with Crippen molar-refractivity contribution in [2.24, 2.45) is 5.92 Å². The van der Waals surface area contributed by atoms with E-state index in [-0.39, 0.29) is 0 Å². The van der Waals surface area contributed by atoms with Gasteiger partial charge in [-0.05, 0) is 36.9 Å². The highest BCUT2D eigenvalue weighted by Crippen LogP contribution is 2.24. The zero-order valence-electron chi connectivity index (χ0n) is 13.4. The van der Waals surface area contributed by atoms with E-state index in [1.165, 1.54) is 43.5 Å². The number of aryl methyl sites for hydroxylation is 1. The molecule has 1 aromatic rings. The Hall–Kier alpha value is -1.02. The quantitative estimate of drug-likeness (QED) is 0.877. The summed E-state index contributed by atoms with van der Waals surface area (Å²) in [4.78, 5) is 2.61. The molecule has 1 aliphatic heterocycles. The van der Waals surface area contributed by atoms with Crippen LogP contribution in [0.3, 0.4) is 0 Å². The second-order valence-corrected chi connectivity index (χ2v) is 6.12. The van der Waals surface area contributed by atoms with Gasteiger partial charge in [0.25, 0.3) is 0 Å². The summed E-state index contributed by atoms with van der Waals surface area (Å²) in [7, 11) is 0. The van der Waals surface area contributed by atoms with Crippen molar-refractivity contribution in [1.82, 2.24) is 5.32 Å². The highest BCUT2D eigenvalue weighted by molar-refractivity contribution is 5.54. The fourth-order valence-electron chi connectivity index (χ4n) is 3.14. The highest BCUT2D eigenvalue weighted by atomic mass is 15.2. The maximum Gasteiger partial charge on any atom is 0.0399 e. The number of hydrogen-bond acceptors (Lipinski definition) is 2. The largest absolute Gasteiger partial charge is 0.370 e. The molecule has 0 saturated carbocycles. The maximum absolute atomic E-state index is 3.74. The molecule has 2 unspecified atom stereocenters. The fraction of sp³-hybridized carbons (Fsp3) is 0.667. The van der Waals surface area contributed by atoms with E-state index in [9.17, 15) is 0 Å². The molecule has 0 amide bonds. The molecule has 2 atom stereocenters. The molecule has 0 radical (unpaired) electrons. The molecule has 1 aromatic carbocycles. The van der Waals surface area contributed by atoms with Gasteiger partial charge in [-0.2, -0.15) is 0 Å². The fourth-order valence-corrected chi connectivity index (χ4v) is 3.14. The van der Waals surface area contributed by atoms with E-state index in [0.29, 0.717) is 6.04 Å². The number of anilines is 1. The maximum atomic E-state index is 3.74.